The molecular weight excluding hydrogens is 350 g/mol. The minimum atomic E-state index is 0.0995. The molecule has 2 aromatic rings. The first-order valence-corrected chi connectivity index (χ1v) is 9.41. The summed E-state index contributed by atoms with van der Waals surface area (Å²) >= 11 is 6.42. The zero-order chi connectivity index (χ0) is 19.2. The topological polar surface area (TPSA) is 48.3 Å². The maximum Gasteiger partial charge on any atom is 0.179 e. The van der Waals surface area contributed by atoms with Gasteiger partial charge in [-0.05, 0) is 29.5 Å². The molecule has 1 heterocycles. The third-order valence-electron chi connectivity index (χ3n) is 4.29. The van der Waals surface area contributed by atoms with Gasteiger partial charge in [0.05, 0.1) is 25.1 Å². The van der Waals surface area contributed by atoms with E-state index in [9.17, 15) is 0 Å². The van der Waals surface area contributed by atoms with E-state index >= 15 is 0 Å². The van der Waals surface area contributed by atoms with Crippen molar-refractivity contribution < 1.29 is 9.47 Å². The summed E-state index contributed by atoms with van der Waals surface area (Å²) in [7, 11) is 1.64. The van der Waals surface area contributed by atoms with Gasteiger partial charge in [-0.25, -0.2) is 4.98 Å². The number of nitrogens with one attached hydrogen (secondary N) is 1. The number of ether oxygens (including phenoxy) is 2. The predicted octanol–water partition coefficient (Wildman–Crippen LogP) is 4.54. The van der Waals surface area contributed by atoms with Crippen LogP contribution in [0.15, 0.2) is 30.9 Å². The normalized spacial score (nSPS) is 12.8. The molecule has 1 N–H and O–H groups in total. The van der Waals surface area contributed by atoms with Crippen molar-refractivity contribution in [2.75, 3.05) is 13.7 Å². The molecule has 0 saturated heterocycles. The third kappa shape index (κ3) is 5.64. The van der Waals surface area contributed by atoms with Gasteiger partial charge in [-0.15, -0.1) is 0 Å². The molecule has 0 amide bonds. The second kappa shape index (κ2) is 9.28. The summed E-state index contributed by atoms with van der Waals surface area (Å²) < 4.78 is 13.3. The van der Waals surface area contributed by atoms with E-state index in [-0.39, 0.29) is 11.5 Å². The van der Waals surface area contributed by atoms with Crippen LogP contribution in [0.1, 0.15) is 39.7 Å². The van der Waals surface area contributed by atoms with E-state index in [0.717, 1.165) is 18.5 Å². The molecule has 0 radical (unpaired) electrons. The van der Waals surface area contributed by atoms with Crippen molar-refractivity contribution in [2.24, 2.45) is 5.41 Å². The lowest BCUT2D eigenvalue weighted by Crippen LogP contribution is -2.43. The van der Waals surface area contributed by atoms with Gasteiger partial charge in [0.2, 0.25) is 0 Å². The minimum Gasteiger partial charge on any atom is -0.493 e. The Balaban J connectivity index is 2.11. The van der Waals surface area contributed by atoms with E-state index in [4.69, 9.17) is 21.1 Å². The molecule has 0 aliphatic carbocycles. The maximum absolute atomic E-state index is 6.42. The molecular formula is C20H30ClN3O2. The number of benzene rings is 1. The first kappa shape index (κ1) is 20.6. The number of imidazole rings is 1. The summed E-state index contributed by atoms with van der Waals surface area (Å²) in [5, 5.41) is 4.23. The highest BCUT2D eigenvalue weighted by atomic mass is 35.5. The van der Waals surface area contributed by atoms with Crippen LogP contribution in [0.2, 0.25) is 5.02 Å². The minimum absolute atomic E-state index is 0.0995. The van der Waals surface area contributed by atoms with Crippen LogP contribution in [-0.2, 0) is 13.1 Å². The average molecular weight is 380 g/mol. The molecule has 1 aromatic heterocycles. The Bertz CT molecular complexity index is 681. The van der Waals surface area contributed by atoms with Gasteiger partial charge >= 0.3 is 0 Å². The largest absolute Gasteiger partial charge is 0.493 e. The highest BCUT2D eigenvalue weighted by Gasteiger charge is 2.24. The fourth-order valence-corrected chi connectivity index (χ4v) is 3.00. The molecule has 1 atom stereocenters. The van der Waals surface area contributed by atoms with Crippen molar-refractivity contribution >= 4 is 11.6 Å². The lowest BCUT2D eigenvalue weighted by molar-refractivity contribution is 0.240. The quantitative estimate of drug-likeness (QED) is 0.694. The summed E-state index contributed by atoms with van der Waals surface area (Å²) in [6.45, 7) is 10.9. The van der Waals surface area contributed by atoms with E-state index in [1.807, 2.05) is 24.7 Å². The first-order valence-electron chi connectivity index (χ1n) is 9.03. The molecule has 5 nitrogen and oxygen atoms in total. The van der Waals surface area contributed by atoms with Gasteiger partial charge < -0.3 is 19.4 Å². The number of halogens is 1. The molecule has 0 bridgehead atoms. The molecule has 6 heteroatoms. The second-order valence-corrected chi connectivity index (χ2v) is 7.92. The van der Waals surface area contributed by atoms with Gasteiger partial charge in [-0.2, -0.15) is 0 Å². The molecule has 1 aromatic carbocycles. The molecule has 2 rings (SSSR count). The molecule has 144 valence electrons. The van der Waals surface area contributed by atoms with Crippen molar-refractivity contribution in [3.8, 4) is 11.5 Å². The van der Waals surface area contributed by atoms with Crippen LogP contribution in [0.25, 0.3) is 0 Å². The Labute approximate surface area is 161 Å². The smallest absolute Gasteiger partial charge is 0.179 e. The zero-order valence-corrected chi connectivity index (χ0v) is 17.1. The Hall–Kier alpha value is -1.72. The van der Waals surface area contributed by atoms with Crippen LogP contribution in [0.5, 0.6) is 11.5 Å². The molecule has 0 saturated carbocycles. The van der Waals surface area contributed by atoms with Crippen LogP contribution in [0.4, 0.5) is 0 Å². The fraction of sp³-hybridized carbons (Fsp3) is 0.550. The number of rotatable bonds is 9. The number of hydrogen-bond acceptors (Lipinski definition) is 4. The summed E-state index contributed by atoms with van der Waals surface area (Å²) in [5.41, 5.74) is 1.16. The van der Waals surface area contributed by atoms with E-state index in [2.05, 4.69) is 42.6 Å². The Morgan fingerprint density at radius 1 is 1.31 bits per heavy atom. The number of nitrogens with zero attached hydrogens (tertiary/aromatic N) is 2. The fourth-order valence-electron chi connectivity index (χ4n) is 2.71. The highest BCUT2D eigenvalue weighted by Crippen LogP contribution is 2.36. The summed E-state index contributed by atoms with van der Waals surface area (Å²) in [4.78, 5) is 4.13. The van der Waals surface area contributed by atoms with Crippen molar-refractivity contribution in [3.05, 3.63) is 41.4 Å². The van der Waals surface area contributed by atoms with Gasteiger partial charge in [-0.3, -0.25) is 0 Å². The first-order chi connectivity index (χ1) is 12.3. The van der Waals surface area contributed by atoms with E-state index in [1.54, 1.807) is 13.3 Å². The summed E-state index contributed by atoms with van der Waals surface area (Å²) in [6, 6.07) is 4.21. The van der Waals surface area contributed by atoms with Crippen molar-refractivity contribution in [1.29, 1.82) is 0 Å². The summed E-state index contributed by atoms with van der Waals surface area (Å²) in [6.07, 6.45) is 6.56. The number of methoxy groups -OCH3 is 1. The Morgan fingerprint density at radius 2 is 2.08 bits per heavy atom. The molecule has 0 spiro atoms. The van der Waals surface area contributed by atoms with E-state index < -0.39 is 0 Å². The van der Waals surface area contributed by atoms with Gasteiger partial charge in [0, 0.05) is 31.5 Å². The van der Waals surface area contributed by atoms with Crippen LogP contribution in [-0.4, -0.2) is 29.3 Å². The monoisotopic (exact) mass is 379 g/mol. The van der Waals surface area contributed by atoms with Crippen LogP contribution in [0.3, 0.4) is 0 Å². The highest BCUT2D eigenvalue weighted by molar-refractivity contribution is 6.32. The standard InChI is InChI=1S/C20H30ClN3O2/c1-6-9-26-19-16(21)10-15(11-17(19)25-5)12-23-18(20(2,3)4)13-24-8-7-22-14-24/h7-8,10-11,14,18,23H,6,9,12-13H2,1-5H3/t18-/m0/s1. The maximum atomic E-state index is 6.42. The van der Waals surface area contributed by atoms with Gasteiger partial charge in [0.15, 0.2) is 11.5 Å². The number of aromatic nitrogens is 2. The van der Waals surface area contributed by atoms with Crippen LogP contribution >= 0.6 is 11.6 Å². The molecule has 0 aliphatic rings. The number of hydrogen-bond donors (Lipinski definition) is 1. The summed E-state index contributed by atoms with van der Waals surface area (Å²) in [5.74, 6) is 1.29. The van der Waals surface area contributed by atoms with E-state index in [1.165, 1.54) is 0 Å². The SMILES string of the molecule is CCCOc1c(Cl)cc(CN[C@@H](Cn2ccnc2)C(C)(C)C)cc1OC. The Morgan fingerprint density at radius 3 is 2.65 bits per heavy atom. The zero-order valence-electron chi connectivity index (χ0n) is 16.4. The lowest BCUT2D eigenvalue weighted by Gasteiger charge is -2.32. The third-order valence-corrected chi connectivity index (χ3v) is 4.57. The van der Waals surface area contributed by atoms with Crippen molar-refractivity contribution in [3.63, 3.8) is 0 Å². The lowest BCUT2D eigenvalue weighted by atomic mass is 9.86. The molecule has 0 aliphatic heterocycles. The van der Waals surface area contributed by atoms with Gasteiger partial charge in [0.25, 0.3) is 0 Å². The predicted molar refractivity (Wildman–Crippen MR) is 106 cm³/mol. The second-order valence-electron chi connectivity index (χ2n) is 7.52. The van der Waals surface area contributed by atoms with Crippen molar-refractivity contribution in [1.82, 2.24) is 14.9 Å². The molecule has 0 unspecified atom stereocenters. The Kier molecular flexibility index (Phi) is 7.35. The molecule has 0 fully saturated rings. The van der Waals surface area contributed by atoms with Crippen LogP contribution < -0.4 is 14.8 Å². The molecule has 26 heavy (non-hydrogen) atoms. The van der Waals surface area contributed by atoms with Gasteiger partial charge in [-0.1, -0.05) is 39.3 Å². The van der Waals surface area contributed by atoms with Crippen molar-refractivity contribution in [2.45, 2.75) is 53.2 Å². The van der Waals surface area contributed by atoms with Crippen LogP contribution in [0, 0.1) is 5.41 Å². The average Bonchev–Trinajstić information content (AvgIpc) is 3.09. The van der Waals surface area contributed by atoms with Gasteiger partial charge in [0.1, 0.15) is 0 Å². The van der Waals surface area contributed by atoms with E-state index in [0.29, 0.717) is 29.7 Å².